The average Bonchev–Trinajstić information content (AvgIpc) is 2.75. The summed E-state index contributed by atoms with van der Waals surface area (Å²) >= 11 is 0. The molecule has 1 aromatic rings. The van der Waals surface area contributed by atoms with Crippen LogP contribution in [0.15, 0.2) is 12.1 Å². The number of carbonyl (C=O) groups excluding carboxylic acids is 2. The van der Waals surface area contributed by atoms with Crippen LogP contribution in [0, 0.1) is 10.1 Å². The highest BCUT2D eigenvalue weighted by atomic mass is 16.6. The first-order valence-electron chi connectivity index (χ1n) is 9.81. The Bertz CT molecular complexity index is 849. The molecule has 0 aromatic heterocycles. The summed E-state index contributed by atoms with van der Waals surface area (Å²) in [5.41, 5.74) is -1.12. The SMILES string of the molecule is COC(=O)c1cc(OC2CCC3(CC2)C(=O)N(C)CCN3C)c(OC)cc1[N+](=O)[O-]. The summed E-state index contributed by atoms with van der Waals surface area (Å²) in [6.45, 7) is 1.54. The van der Waals surface area contributed by atoms with Gasteiger partial charge in [0.1, 0.15) is 11.1 Å². The van der Waals surface area contributed by atoms with Gasteiger partial charge in [0, 0.05) is 26.2 Å². The van der Waals surface area contributed by atoms with E-state index in [1.807, 2.05) is 14.1 Å². The second kappa shape index (κ2) is 8.47. The van der Waals surface area contributed by atoms with Crippen molar-refractivity contribution in [1.82, 2.24) is 9.80 Å². The molecular formula is C20H27N3O7. The summed E-state index contributed by atoms with van der Waals surface area (Å²) in [7, 11) is 6.35. The maximum atomic E-state index is 12.8. The number of piperazine rings is 1. The Kier molecular flexibility index (Phi) is 6.16. The number of benzene rings is 1. The molecule has 1 aromatic carbocycles. The number of hydrogen-bond donors (Lipinski definition) is 0. The smallest absolute Gasteiger partial charge is 0.345 e. The Morgan fingerprint density at radius 3 is 2.40 bits per heavy atom. The Morgan fingerprint density at radius 1 is 1.17 bits per heavy atom. The van der Waals surface area contributed by atoms with Crippen LogP contribution in [0.4, 0.5) is 5.69 Å². The number of esters is 1. The predicted octanol–water partition coefficient (Wildman–Crippen LogP) is 1.85. The zero-order chi connectivity index (χ0) is 22.1. The zero-order valence-corrected chi connectivity index (χ0v) is 17.7. The largest absolute Gasteiger partial charge is 0.493 e. The Balaban J connectivity index is 1.81. The molecular weight excluding hydrogens is 394 g/mol. The number of carbonyl (C=O) groups is 2. The van der Waals surface area contributed by atoms with Crippen LogP contribution in [0.5, 0.6) is 11.5 Å². The highest BCUT2D eigenvalue weighted by Gasteiger charge is 2.49. The van der Waals surface area contributed by atoms with Gasteiger partial charge in [-0.1, -0.05) is 0 Å². The Labute approximate surface area is 174 Å². The average molecular weight is 421 g/mol. The van der Waals surface area contributed by atoms with Gasteiger partial charge in [0.05, 0.1) is 31.3 Å². The predicted molar refractivity (Wildman–Crippen MR) is 107 cm³/mol. The number of likely N-dealkylation sites (N-methyl/N-ethyl adjacent to an activating group) is 2. The van der Waals surface area contributed by atoms with Gasteiger partial charge >= 0.3 is 5.97 Å². The molecule has 10 nitrogen and oxygen atoms in total. The third kappa shape index (κ3) is 3.79. The fraction of sp³-hybridized carbons (Fsp3) is 0.600. The van der Waals surface area contributed by atoms with Crippen molar-refractivity contribution in [2.75, 3.05) is 41.4 Å². The van der Waals surface area contributed by atoms with Crippen molar-refractivity contribution >= 4 is 17.6 Å². The second-order valence-electron chi connectivity index (χ2n) is 7.77. The molecule has 1 aliphatic heterocycles. The quantitative estimate of drug-likeness (QED) is 0.402. The van der Waals surface area contributed by atoms with Crippen molar-refractivity contribution in [2.24, 2.45) is 0 Å². The normalized spacial score (nSPS) is 24.6. The van der Waals surface area contributed by atoms with Gasteiger partial charge in [-0.25, -0.2) is 4.79 Å². The van der Waals surface area contributed by atoms with Crippen LogP contribution in [-0.2, 0) is 9.53 Å². The third-order valence-electron chi connectivity index (χ3n) is 6.18. The van der Waals surface area contributed by atoms with E-state index in [0.29, 0.717) is 32.2 Å². The molecule has 10 heteroatoms. The molecule has 1 saturated heterocycles. The molecule has 2 aliphatic rings. The number of hydrogen-bond acceptors (Lipinski definition) is 8. The van der Waals surface area contributed by atoms with E-state index in [2.05, 4.69) is 9.64 Å². The summed E-state index contributed by atoms with van der Waals surface area (Å²) in [6, 6.07) is 2.46. The van der Waals surface area contributed by atoms with Gasteiger partial charge in [-0.2, -0.15) is 0 Å². The molecule has 30 heavy (non-hydrogen) atoms. The van der Waals surface area contributed by atoms with E-state index in [-0.39, 0.29) is 29.1 Å². The van der Waals surface area contributed by atoms with Gasteiger partial charge in [-0.3, -0.25) is 19.8 Å². The van der Waals surface area contributed by atoms with E-state index < -0.39 is 22.1 Å². The molecule has 1 amide bonds. The monoisotopic (exact) mass is 421 g/mol. The first-order valence-corrected chi connectivity index (χ1v) is 9.81. The van der Waals surface area contributed by atoms with Crippen LogP contribution in [0.3, 0.4) is 0 Å². The van der Waals surface area contributed by atoms with Crippen molar-refractivity contribution in [3.63, 3.8) is 0 Å². The van der Waals surface area contributed by atoms with E-state index in [1.165, 1.54) is 19.2 Å². The summed E-state index contributed by atoms with van der Waals surface area (Å²) in [6.07, 6.45) is 2.37. The first-order chi connectivity index (χ1) is 14.2. The summed E-state index contributed by atoms with van der Waals surface area (Å²) in [5, 5.41) is 11.3. The van der Waals surface area contributed by atoms with Crippen LogP contribution < -0.4 is 9.47 Å². The van der Waals surface area contributed by atoms with Gasteiger partial charge in [0.25, 0.3) is 5.69 Å². The number of methoxy groups -OCH3 is 2. The van der Waals surface area contributed by atoms with Gasteiger partial charge in [-0.05, 0) is 32.7 Å². The minimum atomic E-state index is -0.825. The summed E-state index contributed by atoms with van der Waals surface area (Å²) in [5.74, 6) is -0.282. The molecule has 1 saturated carbocycles. The maximum absolute atomic E-state index is 12.8. The van der Waals surface area contributed by atoms with E-state index in [1.54, 1.807) is 4.90 Å². The van der Waals surface area contributed by atoms with Gasteiger partial charge < -0.3 is 19.1 Å². The van der Waals surface area contributed by atoms with Crippen molar-refractivity contribution in [3.05, 3.63) is 27.8 Å². The maximum Gasteiger partial charge on any atom is 0.345 e. The molecule has 1 spiro atoms. The number of nitro benzene ring substituents is 1. The van der Waals surface area contributed by atoms with E-state index in [4.69, 9.17) is 9.47 Å². The number of nitrogens with zero attached hydrogens (tertiary/aromatic N) is 3. The first kappa shape index (κ1) is 21.8. The summed E-state index contributed by atoms with van der Waals surface area (Å²) < 4.78 is 16.0. The Morgan fingerprint density at radius 2 is 1.83 bits per heavy atom. The number of nitro groups is 1. The highest BCUT2D eigenvalue weighted by Crippen LogP contribution is 2.40. The third-order valence-corrected chi connectivity index (χ3v) is 6.18. The van der Waals surface area contributed by atoms with E-state index in [9.17, 15) is 19.7 Å². The number of amides is 1. The van der Waals surface area contributed by atoms with Crippen molar-refractivity contribution < 1.29 is 28.7 Å². The molecule has 0 unspecified atom stereocenters. The second-order valence-corrected chi connectivity index (χ2v) is 7.77. The topological polar surface area (TPSA) is 111 Å². The van der Waals surface area contributed by atoms with Crippen LogP contribution in [0.1, 0.15) is 36.0 Å². The Hall–Kier alpha value is -2.88. The molecule has 1 aliphatic carbocycles. The molecule has 0 atom stereocenters. The lowest BCUT2D eigenvalue weighted by atomic mass is 9.77. The van der Waals surface area contributed by atoms with Crippen molar-refractivity contribution in [3.8, 4) is 11.5 Å². The lowest BCUT2D eigenvalue weighted by Crippen LogP contribution is -2.65. The fourth-order valence-electron chi connectivity index (χ4n) is 4.32. The van der Waals surface area contributed by atoms with Crippen LogP contribution in [0.25, 0.3) is 0 Å². The minimum Gasteiger partial charge on any atom is -0.493 e. The molecule has 0 N–H and O–H groups in total. The molecule has 3 rings (SSSR count). The standard InChI is InChI=1S/C20H27N3O7/c1-21-9-10-22(2)20(19(21)25)7-5-13(6-8-20)30-17-11-14(18(24)29-4)15(23(26)27)12-16(17)28-3/h11-13H,5-10H2,1-4H3. The zero-order valence-electron chi connectivity index (χ0n) is 17.7. The lowest BCUT2D eigenvalue weighted by Gasteiger charge is -2.50. The van der Waals surface area contributed by atoms with Crippen molar-refractivity contribution in [2.45, 2.75) is 37.3 Å². The van der Waals surface area contributed by atoms with Crippen LogP contribution in [-0.4, -0.2) is 79.6 Å². The lowest BCUT2D eigenvalue weighted by molar-refractivity contribution is -0.385. The van der Waals surface area contributed by atoms with Gasteiger partial charge in [-0.15, -0.1) is 0 Å². The summed E-state index contributed by atoms with van der Waals surface area (Å²) in [4.78, 5) is 39.4. The minimum absolute atomic E-state index is 0.135. The highest BCUT2D eigenvalue weighted by molar-refractivity contribution is 5.95. The van der Waals surface area contributed by atoms with Crippen LogP contribution in [0.2, 0.25) is 0 Å². The number of rotatable bonds is 5. The molecule has 0 radical (unpaired) electrons. The number of ether oxygens (including phenoxy) is 3. The molecule has 164 valence electrons. The fourth-order valence-corrected chi connectivity index (χ4v) is 4.32. The van der Waals surface area contributed by atoms with Gasteiger partial charge in [0.2, 0.25) is 5.91 Å². The van der Waals surface area contributed by atoms with Crippen molar-refractivity contribution in [1.29, 1.82) is 0 Å². The molecule has 0 bridgehead atoms. The van der Waals surface area contributed by atoms with Crippen LogP contribution >= 0.6 is 0 Å². The van der Waals surface area contributed by atoms with Gasteiger partial charge in [0.15, 0.2) is 11.5 Å². The molecule has 1 heterocycles. The molecule has 2 fully saturated rings. The van der Waals surface area contributed by atoms with E-state index >= 15 is 0 Å². The van der Waals surface area contributed by atoms with E-state index in [0.717, 1.165) is 13.7 Å².